The third-order valence-corrected chi connectivity index (χ3v) is 2.11. The molecule has 0 fully saturated rings. The van der Waals surface area contributed by atoms with Gasteiger partial charge in [-0.05, 0) is 34.0 Å². The van der Waals surface area contributed by atoms with Crippen LogP contribution in [0.3, 0.4) is 0 Å². The first-order chi connectivity index (χ1) is 5.15. The van der Waals surface area contributed by atoms with Gasteiger partial charge >= 0.3 is 0 Å². The first-order valence-corrected chi connectivity index (χ1v) is 4.11. The number of aromatic hydroxyl groups is 1. The minimum atomic E-state index is -0.431. The average molecular weight is 219 g/mol. The summed E-state index contributed by atoms with van der Waals surface area (Å²) in [5.41, 5.74) is 0.748. The average Bonchev–Trinajstić information content (AvgIpc) is 1.97. The van der Waals surface area contributed by atoms with Crippen molar-refractivity contribution in [1.29, 1.82) is 0 Å². The lowest BCUT2D eigenvalue weighted by Gasteiger charge is -2.02. The van der Waals surface area contributed by atoms with Crippen LogP contribution < -0.4 is 0 Å². The van der Waals surface area contributed by atoms with Crippen molar-refractivity contribution in [1.82, 2.24) is 0 Å². The molecule has 0 saturated heterocycles. The second-order valence-electron chi connectivity index (χ2n) is 2.25. The quantitative estimate of drug-likeness (QED) is 0.769. The van der Waals surface area contributed by atoms with Crippen LogP contribution in [0.1, 0.15) is 12.5 Å². The van der Waals surface area contributed by atoms with Crippen molar-refractivity contribution >= 4 is 15.9 Å². The summed E-state index contributed by atoms with van der Waals surface area (Å²) < 4.78 is 13.1. The number of halogens is 2. The van der Waals surface area contributed by atoms with Gasteiger partial charge in [0.25, 0.3) is 0 Å². The molecule has 0 aromatic heterocycles. The van der Waals surface area contributed by atoms with E-state index in [0.29, 0.717) is 10.9 Å². The SMILES string of the molecule is CCc1cc(Br)c(F)cc1O. The third kappa shape index (κ3) is 1.71. The molecule has 0 heterocycles. The standard InChI is InChI=1S/C8H8BrFO/c1-2-5-3-6(9)7(10)4-8(5)11/h3-4,11H,2H2,1H3. The number of aryl methyl sites for hydroxylation is 1. The molecule has 1 aromatic rings. The Morgan fingerprint density at radius 1 is 1.55 bits per heavy atom. The highest BCUT2D eigenvalue weighted by atomic mass is 79.9. The minimum Gasteiger partial charge on any atom is -0.508 e. The largest absolute Gasteiger partial charge is 0.508 e. The lowest BCUT2D eigenvalue weighted by molar-refractivity contribution is 0.462. The maximum absolute atomic E-state index is 12.7. The number of phenolic OH excluding ortho intramolecular Hbond substituents is 1. The molecule has 0 radical (unpaired) electrons. The van der Waals surface area contributed by atoms with Gasteiger partial charge in [-0.25, -0.2) is 4.39 Å². The van der Waals surface area contributed by atoms with E-state index in [4.69, 9.17) is 5.11 Å². The van der Waals surface area contributed by atoms with Crippen LogP contribution in [0.4, 0.5) is 4.39 Å². The number of hydrogen-bond acceptors (Lipinski definition) is 1. The molecule has 3 heteroatoms. The Kier molecular flexibility index (Phi) is 2.49. The van der Waals surface area contributed by atoms with E-state index in [1.807, 2.05) is 6.92 Å². The second kappa shape index (κ2) is 3.22. The number of benzene rings is 1. The van der Waals surface area contributed by atoms with E-state index < -0.39 is 5.82 Å². The van der Waals surface area contributed by atoms with E-state index >= 15 is 0 Å². The van der Waals surface area contributed by atoms with Gasteiger partial charge in [0.05, 0.1) is 4.47 Å². The molecular formula is C8H8BrFO. The first kappa shape index (κ1) is 8.53. The van der Waals surface area contributed by atoms with Crippen LogP contribution in [-0.4, -0.2) is 5.11 Å². The van der Waals surface area contributed by atoms with E-state index in [9.17, 15) is 4.39 Å². The van der Waals surface area contributed by atoms with Crippen LogP contribution in [0, 0.1) is 5.82 Å². The van der Waals surface area contributed by atoms with Crippen LogP contribution in [0.2, 0.25) is 0 Å². The summed E-state index contributed by atoms with van der Waals surface area (Å²) in [4.78, 5) is 0. The van der Waals surface area contributed by atoms with Crippen LogP contribution >= 0.6 is 15.9 Å². The van der Waals surface area contributed by atoms with Crippen molar-refractivity contribution in [2.75, 3.05) is 0 Å². The van der Waals surface area contributed by atoms with Crippen LogP contribution in [0.15, 0.2) is 16.6 Å². The maximum atomic E-state index is 12.7. The van der Waals surface area contributed by atoms with Crippen molar-refractivity contribution in [3.8, 4) is 5.75 Å². The zero-order chi connectivity index (χ0) is 8.43. The third-order valence-electron chi connectivity index (χ3n) is 1.50. The normalized spacial score (nSPS) is 10.1. The summed E-state index contributed by atoms with van der Waals surface area (Å²) >= 11 is 3.03. The summed E-state index contributed by atoms with van der Waals surface area (Å²) in [5, 5.41) is 9.15. The molecule has 0 unspecified atom stereocenters. The summed E-state index contributed by atoms with van der Waals surface area (Å²) in [6.45, 7) is 1.90. The van der Waals surface area contributed by atoms with Crippen LogP contribution in [0.5, 0.6) is 5.75 Å². The number of phenols is 1. The van der Waals surface area contributed by atoms with E-state index in [1.165, 1.54) is 0 Å². The van der Waals surface area contributed by atoms with Gasteiger partial charge in [0.15, 0.2) is 0 Å². The Labute approximate surface area is 73.0 Å². The Morgan fingerprint density at radius 2 is 2.18 bits per heavy atom. The number of hydrogen-bond donors (Lipinski definition) is 1. The van der Waals surface area contributed by atoms with Crippen molar-refractivity contribution in [3.63, 3.8) is 0 Å². The first-order valence-electron chi connectivity index (χ1n) is 3.32. The predicted molar refractivity (Wildman–Crippen MR) is 45.1 cm³/mol. The van der Waals surface area contributed by atoms with E-state index in [1.54, 1.807) is 6.07 Å². The molecule has 1 nitrogen and oxygen atoms in total. The van der Waals surface area contributed by atoms with Gasteiger partial charge in [-0.1, -0.05) is 6.92 Å². The Bertz CT molecular complexity index is 273. The molecule has 60 valence electrons. The molecule has 0 saturated carbocycles. The lowest BCUT2D eigenvalue weighted by Crippen LogP contribution is -1.84. The Morgan fingerprint density at radius 3 is 2.73 bits per heavy atom. The highest BCUT2D eigenvalue weighted by Crippen LogP contribution is 2.25. The molecule has 0 amide bonds. The van der Waals surface area contributed by atoms with E-state index in [0.717, 1.165) is 11.6 Å². The van der Waals surface area contributed by atoms with Gasteiger partial charge in [0.2, 0.25) is 0 Å². The van der Waals surface area contributed by atoms with Gasteiger partial charge in [-0.15, -0.1) is 0 Å². The maximum Gasteiger partial charge on any atom is 0.141 e. The molecule has 0 aliphatic carbocycles. The zero-order valence-electron chi connectivity index (χ0n) is 6.06. The summed E-state index contributed by atoms with van der Waals surface area (Å²) in [6.07, 6.45) is 0.699. The second-order valence-corrected chi connectivity index (χ2v) is 3.10. The molecule has 0 spiro atoms. The van der Waals surface area contributed by atoms with Gasteiger partial charge < -0.3 is 5.11 Å². The molecule has 1 rings (SSSR count). The predicted octanol–water partition coefficient (Wildman–Crippen LogP) is 2.86. The van der Waals surface area contributed by atoms with Crippen LogP contribution in [-0.2, 0) is 6.42 Å². The zero-order valence-corrected chi connectivity index (χ0v) is 7.65. The smallest absolute Gasteiger partial charge is 0.141 e. The van der Waals surface area contributed by atoms with Crippen molar-refractivity contribution < 1.29 is 9.50 Å². The number of rotatable bonds is 1. The lowest BCUT2D eigenvalue weighted by atomic mass is 10.1. The molecule has 0 aliphatic heterocycles. The molecule has 11 heavy (non-hydrogen) atoms. The van der Waals surface area contributed by atoms with Crippen molar-refractivity contribution in [2.45, 2.75) is 13.3 Å². The molecule has 0 atom stereocenters. The highest BCUT2D eigenvalue weighted by molar-refractivity contribution is 9.10. The van der Waals surface area contributed by atoms with Crippen LogP contribution in [0.25, 0.3) is 0 Å². The summed E-state index contributed by atoms with van der Waals surface area (Å²) in [7, 11) is 0. The fourth-order valence-corrected chi connectivity index (χ4v) is 1.25. The van der Waals surface area contributed by atoms with Gasteiger partial charge in [-0.2, -0.15) is 0 Å². The van der Waals surface area contributed by atoms with Gasteiger partial charge in [0, 0.05) is 6.07 Å². The fourth-order valence-electron chi connectivity index (χ4n) is 0.861. The fraction of sp³-hybridized carbons (Fsp3) is 0.250. The molecule has 1 aromatic carbocycles. The summed E-state index contributed by atoms with van der Waals surface area (Å²) in [5.74, 6) is -0.409. The Balaban J connectivity index is 3.21. The van der Waals surface area contributed by atoms with Crippen molar-refractivity contribution in [3.05, 3.63) is 28.0 Å². The van der Waals surface area contributed by atoms with Gasteiger partial charge in [0.1, 0.15) is 11.6 Å². The molecule has 0 bridgehead atoms. The monoisotopic (exact) mass is 218 g/mol. The Hall–Kier alpha value is -0.570. The topological polar surface area (TPSA) is 20.2 Å². The highest BCUT2D eigenvalue weighted by Gasteiger charge is 2.04. The van der Waals surface area contributed by atoms with Crippen molar-refractivity contribution in [2.24, 2.45) is 0 Å². The van der Waals surface area contributed by atoms with E-state index in [-0.39, 0.29) is 5.75 Å². The minimum absolute atomic E-state index is 0.0215. The molecular weight excluding hydrogens is 211 g/mol. The molecule has 0 aliphatic rings. The van der Waals surface area contributed by atoms with E-state index in [2.05, 4.69) is 15.9 Å². The molecule has 1 N–H and O–H groups in total. The van der Waals surface area contributed by atoms with Gasteiger partial charge in [-0.3, -0.25) is 0 Å². The summed E-state index contributed by atoms with van der Waals surface area (Å²) in [6, 6.07) is 2.70.